The molecule has 0 aliphatic carbocycles. The molecule has 2 aromatic carbocycles. The van der Waals surface area contributed by atoms with Crippen LogP contribution in [-0.4, -0.2) is 18.1 Å². The number of phenolic OH excluding ortho intramolecular Hbond substituents is 1. The molecule has 2 N–H and O–H groups in total. The molecule has 0 radical (unpaired) electrons. The first-order valence-corrected chi connectivity index (χ1v) is 8.70. The first-order valence-electron chi connectivity index (χ1n) is 7.12. The summed E-state index contributed by atoms with van der Waals surface area (Å²) >= 11 is 6.57. The van der Waals surface area contributed by atoms with Gasteiger partial charge < -0.3 is 15.2 Å². The fourth-order valence-corrected chi connectivity index (χ4v) is 2.94. The number of hydrogen-bond acceptors (Lipinski definition) is 4. The second-order valence-electron chi connectivity index (χ2n) is 5.14. The number of nitrogens with zero attached hydrogens (tertiary/aromatic N) is 1. The van der Waals surface area contributed by atoms with E-state index >= 15 is 0 Å². The zero-order valence-corrected chi connectivity index (χ0v) is 16.6. The molecule has 25 heavy (non-hydrogen) atoms. The lowest BCUT2D eigenvalue weighted by Crippen LogP contribution is -2.13. The van der Waals surface area contributed by atoms with E-state index < -0.39 is 5.91 Å². The molecule has 2 aromatic rings. The SMILES string of the molecule is COc1cc(/C=C(/C#N)C(=O)Nc2cccc(C)c2)c(Br)c(Br)c1O. The summed E-state index contributed by atoms with van der Waals surface area (Å²) in [4.78, 5) is 12.4. The van der Waals surface area contributed by atoms with Crippen LogP contribution in [0.3, 0.4) is 0 Å². The number of ether oxygens (including phenoxy) is 1. The van der Waals surface area contributed by atoms with E-state index in [1.54, 1.807) is 6.07 Å². The topological polar surface area (TPSA) is 82.3 Å². The number of halogens is 2. The van der Waals surface area contributed by atoms with Gasteiger partial charge in [0, 0.05) is 10.2 Å². The van der Waals surface area contributed by atoms with Crippen LogP contribution >= 0.6 is 31.9 Å². The van der Waals surface area contributed by atoms with Crippen molar-refractivity contribution in [3.63, 3.8) is 0 Å². The zero-order valence-electron chi connectivity index (χ0n) is 13.4. The van der Waals surface area contributed by atoms with Crippen LogP contribution in [0.5, 0.6) is 11.5 Å². The summed E-state index contributed by atoms with van der Waals surface area (Å²) in [5.41, 5.74) is 2.03. The highest BCUT2D eigenvalue weighted by Crippen LogP contribution is 2.42. The highest BCUT2D eigenvalue weighted by molar-refractivity contribution is 9.13. The molecule has 0 saturated heterocycles. The van der Waals surface area contributed by atoms with Crippen LogP contribution in [0, 0.1) is 18.3 Å². The molecular weight excluding hydrogens is 452 g/mol. The molecule has 1 amide bonds. The summed E-state index contributed by atoms with van der Waals surface area (Å²) in [6, 6.07) is 10.7. The Hall–Kier alpha value is -2.30. The molecule has 0 aliphatic rings. The highest BCUT2D eigenvalue weighted by atomic mass is 79.9. The number of nitriles is 1. The van der Waals surface area contributed by atoms with Gasteiger partial charge in [-0.1, -0.05) is 12.1 Å². The van der Waals surface area contributed by atoms with E-state index in [1.165, 1.54) is 19.3 Å². The number of carbonyl (C=O) groups is 1. The van der Waals surface area contributed by atoms with E-state index in [-0.39, 0.29) is 17.1 Å². The van der Waals surface area contributed by atoms with Gasteiger partial charge >= 0.3 is 0 Å². The molecular formula is C18H14Br2N2O3. The molecule has 0 spiro atoms. The number of carbonyl (C=O) groups excluding carboxylic acids is 1. The Morgan fingerprint density at radius 1 is 1.32 bits per heavy atom. The maximum absolute atomic E-state index is 12.4. The first kappa shape index (κ1) is 19.0. The molecule has 0 unspecified atom stereocenters. The summed E-state index contributed by atoms with van der Waals surface area (Å²) in [5.74, 6) is -0.380. The standard InChI is InChI=1S/C18H14Br2N2O3/c1-10-4-3-5-13(6-10)22-18(24)12(9-21)7-11-8-14(25-2)17(23)16(20)15(11)19/h3-8,23H,1-2H3,(H,22,24)/b12-7-. The predicted molar refractivity (Wildman–Crippen MR) is 103 cm³/mol. The second kappa shape index (κ2) is 8.19. The molecule has 7 heteroatoms. The molecule has 0 atom stereocenters. The number of rotatable bonds is 4. The number of phenols is 1. The number of methoxy groups -OCH3 is 1. The molecule has 128 valence electrons. The van der Waals surface area contributed by atoms with Gasteiger partial charge in [-0.05, 0) is 74.2 Å². The van der Waals surface area contributed by atoms with Gasteiger partial charge in [0.1, 0.15) is 11.6 Å². The lowest BCUT2D eigenvalue weighted by atomic mass is 10.1. The average Bonchev–Trinajstić information content (AvgIpc) is 2.59. The minimum absolute atomic E-state index is 0.0748. The van der Waals surface area contributed by atoms with Crippen LogP contribution in [0.4, 0.5) is 5.69 Å². The summed E-state index contributed by atoms with van der Waals surface area (Å²) in [5, 5.41) is 22.0. The molecule has 0 heterocycles. The Morgan fingerprint density at radius 3 is 2.64 bits per heavy atom. The lowest BCUT2D eigenvalue weighted by molar-refractivity contribution is -0.112. The molecule has 2 rings (SSSR count). The summed E-state index contributed by atoms with van der Waals surface area (Å²) in [6.07, 6.45) is 1.42. The number of aryl methyl sites for hydroxylation is 1. The fraction of sp³-hybridized carbons (Fsp3) is 0.111. The Morgan fingerprint density at radius 2 is 2.04 bits per heavy atom. The van der Waals surface area contributed by atoms with Crippen molar-refractivity contribution in [2.24, 2.45) is 0 Å². The minimum Gasteiger partial charge on any atom is -0.503 e. The Kier molecular flexibility index (Phi) is 6.23. The molecule has 0 saturated carbocycles. The number of anilines is 1. The van der Waals surface area contributed by atoms with Gasteiger partial charge in [0.15, 0.2) is 11.5 Å². The van der Waals surface area contributed by atoms with Crippen LogP contribution in [0.15, 0.2) is 44.9 Å². The van der Waals surface area contributed by atoms with E-state index in [4.69, 9.17) is 4.74 Å². The number of nitrogens with one attached hydrogen (secondary N) is 1. The zero-order chi connectivity index (χ0) is 18.6. The second-order valence-corrected chi connectivity index (χ2v) is 6.72. The van der Waals surface area contributed by atoms with Crippen LogP contribution in [-0.2, 0) is 4.79 Å². The third-order valence-electron chi connectivity index (χ3n) is 3.33. The molecule has 0 aliphatic heterocycles. The molecule has 0 aromatic heterocycles. The van der Waals surface area contributed by atoms with E-state index in [1.807, 2.05) is 31.2 Å². The Labute approximate surface area is 162 Å². The van der Waals surface area contributed by atoms with E-state index in [0.717, 1.165) is 5.56 Å². The van der Waals surface area contributed by atoms with Crippen molar-refractivity contribution in [3.8, 4) is 17.6 Å². The van der Waals surface area contributed by atoms with Gasteiger partial charge in [0.25, 0.3) is 5.91 Å². The van der Waals surface area contributed by atoms with Gasteiger partial charge in [-0.15, -0.1) is 0 Å². The van der Waals surface area contributed by atoms with E-state index in [9.17, 15) is 15.2 Å². The van der Waals surface area contributed by atoms with Crippen LogP contribution in [0.2, 0.25) is 0 Å². The van der Waals surface area contributed by atoms with Gasteiger partial charge in [0.05, 0.1) is 11.6 Å². The van der Waals surface area contributed by atoms with Gasteiger partial charge in [-0.2, -0.15) is 5.26 Å². The van der Waals surface area contributed by atoms with Crippen LogP contribution in [0.25, 0.3) is 6.08 Å². The van der Waals surface area contributed by atoms with Crippen molar-refractivity contribution >= 4 is 49.5 Å². The maximum atomic E-state index is 12.4. The van der Waals surface area contributed by atoms with Crippen LogP contribution < -0.4 is 10.1 Å². The van der Waals surface area contributed by atoms with Gasteiger partial charge in [0.2, 0.25) is 0 Å². The number of benzene rings is 2. The highest BCUT2D eigenvalue weighted by Gasteiger charge is 2.16. The van der Waals surface area contributed by atoms with Crippen molar-refractivity contribution < 1.29 is 14.6 Å². The normalized spacial score (nSPS) is 10.9. The van der Waals surface area contributed by atoms with Gasteiger partial charge in [-0.25, -0.2) is 0 Å². The lowest BCUT2D eigenvalue weighted by Gasteiger charge is -2.10. The third kappa shape index (κ3) is 4.41. The smallest absolute Gasteiger partial charge is 0.266 e. The largest absolute Gasteiger partial charge is 0.503 e. The molecule has 5 nitrogen and oxygen atoms in total. The average molecular weight is 466 g/mol. The van der Waals surface area contributed by atoms with Gasteiger partial charge in [-0.3, -0.25) is 4.79 Å². The van der Waals surface area contributed by atoms with Crippen LogP contribution in [0.1, 0.15) is 11.1 Å². The Bertz CT molecular complexity index is 902. The van der Waals surface area contributed by atoms with E-state index in [0.29, 0.717) is 20.2 Å². The molecule has 0 fully saturated rings. The quantitative estimate of drug-likeness (QED) is 0.502. The summed E-state index contributed by atoms with van der Waals surface area (Å²) in [6.45, 7) is 1.91. The third-order valence-corrected chi connectivity index (χ3v) is 5.49. The summed E-state index contributed by atoms with van der Waals surface area (Å²) in [7, 11) is 1.42. The van der Waals surface area contributed by atoms with E-state index in [2.05, 4.69) is 37.2 Å². The maximum Gasteiger partial charge on any atom is 0.266 e. The van der Waals surface area contributed by atoms with Crippen molar-refractivity contribution in [2.75, 3.05) is 12.4 Å². The Balaban J connectivity index is 2.39. The monoisotopic (exact) mass is 464 g/mol. The number of amides is 1. The fourth-order valence-electron chi connectivity index (χ4n) is 2.10. The predicted octanol–water partition coefficient (Wildman–Crippen LogP) is 4.78. The number of aromatic hydroxyl groups is 1. The minimum atomic E-state index is -0.525. The number of hydrogen-bond donors (Lipinski definition) is 2. The van der Waals surface area contributed by atoms with Crippen molar-refractivity contribution in [1.82, 2.24) is 0 Å². The first-order chi connectivity index (χ1) is 11.9. The van der Waals surface area contributed by atoms with Crippen molar-refractivity contribution in [1.29, 1.82) is 5.26 Å². The summed E-state index contributed by atoms with van der Waals surface area (Å²) < 4.78 is 5.96. The van der Waals surface area contributed by atoms with Crippen molar-refractivity contribution in [3.05, 3.63) is 56.0 Å². The molecule has 0 bridgehead atoms. The van der Waals surface area contributed by atoms with Crippen molar-refractivity contribution in [2.45, 2.75) is 6.92 Å².